The summed E-state index contributed by atoms with van der Waals surface area (Å²) >= 11 is 4.06. The molecule has 5 heteroatoms. The summed E-state index contributed by atoms with van der Waals surface area (Å²) in [5.41, 5.74) is 1.43. The fraction of sp³-hybridized carbons (Fsp3) is 0.800. The summed E-state index contributed by atoms with van der Waals surface area (Å²) in [6.45, 7) is 2.25. The summed E-state index contributed by atoms with van der Waals surface area (Å²) in [4.78, 5) is 9.08. The molecule has 4 rings (SSSR count). The summed E-state index contributed by atoms with van der Waals surface area (Å²) < 4.78 is 0. The van der Waals surface area contributed by atoms with Crippen molar-refractivity contribution in [3.8, 4) is 0 Å². The second kappa shape index (κ2) is 5.59. The molecule has 0 bridgehead atoms. The van der Waals surface area contributed by atoms with E-state index in [0.717, 1.165) is 18.5 Å². The largest absolute Gasteiger partial charge is 0.309 e. The fourth-order valence-corrected chi connectivity index (χ4v) is 5.39. The number of aromatic nitrogens is 1. The second-order valence-electron chi connectivity index (χ2n) is 6.36. The molecular formula is C15H23N3S2. The van der Waals surface area contributed by atoms with Crippen LogP contribution in [0.25, 0.3) is 0 Å². The second-order valence-corrected chi connectivity index (χ2v) is 8.63. The van der Waals surface area contributed by atoms with Crippen molar-refractivity contribution in [3.63, 3.8) is 0 Å². The van der Waals surface area contributed by atoms with Crippen LogP contribution in [0.2, 0.25) is 0 Å². The average molecular weight is 310 g/mol. The standard InChI is InChI=1S/C15H23N3S2/c1-18-6-7-19-9-12(18)15-17-14(10-2-3-10)13(20-15)8-16-11-4-5-11/h10-12,16H,2-9H2,1H3. The van der Waals surface area contributed by atoms with Crippen LogP contribution < -0.4 is 5.32 Å². The van der Waals surface area contributed by atoms with Gasteiger partial charge in [0.1, 0.15) is 5.01 Å². The topological polar surface area (TPSA) is 28.2 Å². The molecule has 3 aliphatic rings. The van der Waals surface area contributed by atoms with E-state index in [2.05, 4.69) is 29.0 Å². The molecule has 0 amide bonds. The van der Waals surface area contributed by atoms with E-state index in [9.17, 15) is 0 Å². The van der Waals surface area contributed by atoms with Gasteiger partial charge in [-0.2, -0.15) is 11.8 Å². The summed E-state index contributed by atoms with van der Waals surface area (Å²) in [6, 6.07) is 1.34. The number of hydrogen-bond acceptors (Lipinski definition) is 5. The first kappa shape index (κ1) is 13.6. The van der Waals surface area contributed by atoms with Gasteiger partial charge in [-0.05, 0) is 32.7 Å². The third kappa shape index (κ3) is 2.91. The van der Waals surface area contributed by atoms with E-state index in [1.54, 1.807) is 0 Å². The number of nitrogens with one attached hydrogen (secondary N) is 1. The van der Waals surface area contributed by atoms with Crippen molar-refractivity contribution in [2.75, 3.05) is 25.1 Å². The van der Waals surface area contributed by atoms with Crippen molar-refractivity contribution in [3.05, 3.63) is 15.6 Å². The normalized spacial score (nSPS) is 27.9. The summed E-state index contributed by atoms with van der Waals surface area (Å²) in [6.07, 6.45) is 5.45. The molecule has 0 aromatic carbocycles. The van der Waals surface area contributed by atoms with Crippen molar-refractivity contribution in [2.45, 2.75) is 50.2 Å². The van der Waals surface area contributed by atoms with Crippen LogP contribution in [0.4, 0.5) is 0 Å². The first-order chi connectivity index (χ1) is 9.81. The van der Waals surface area contributed by atoms with Gasteiger partial charge in [0, 0.05) is 41.4 Å². The van der Waals surface area contributed by atoms with Crippen LogP contribution in [0.5, 0.6) is 0 Å². The van der Waals surface area contributed by atoms with E-state index in [-0.39, 0.29) is 0 Å². The molecule has 1 aromatic rings. The highest BCUT2D eigenvalue weighted by molar-refractivity contribution is 7.99. The number of nitrogens with zero attached hydrogens (tertiary/aromatic N) is 2. The van der Waals surface area contributed by atoms with E-state index in [0.29, 0.717) is 6.04 Å². The van der Waals surface area contributed by atoms with E-state index in [1.807, 2.05) is 11.3 Å². The molecule has 3 fully saturated rings. The van der Waals surface area contributed by atoms with Crippen LogP contribution in [0.1, 0.15) is 53.2 Å². The molecule has 0 radical (unpaired) electrons. The molecule has 1 aliphatic heterocycles. The molecule has 110 valence electrons. The molecule has 1 aromatic heterocycles. The molecule has 1 unspecified atom stereocenters. The van der Waals surface area contributed by atoms with E-state index >= 15 is 0 Å². The minimum Gasteiger partial charge on any atom is -0.309 e. The fourth-order valence-electron chi connectivity index (χ4n) is 2.80. The van der Waals surface area contributed by atoms with E-state index in [4.69, 9.17) is 4.98 Å². The zero-order valence-corrected chi connectivity index (χ0v) is 13.7. The first-order valence-corrected chi connectivity index (χ1v) is 9.79. The predicted molar refractivity (Wildman–Crippen MR) is 86.6 cm³/mol. The summed E-state index contributed by atoms with van der Waals surface area (Å²) in [5.74, 6) is 3.26. The molecule has 20 heavy (non-hydrogen) atoms. The molecular weight excluding hydrogens is 286 g/mol. The Balaban J connectivity index is 1.54. The van der Waals surface area contributed by atoms with Gasteiger partial charge in [-0.15, -0.1) is 11.3 Å². The van der Waals surface area contributed by atoms with Crippen LogP contribution in [-0.4, -0.2) is 41.0 Å². The molecule has 0 spiro atoms. The molecule has 2 heterocycles. The highest BCUT2D eigenvalue weighted by Gasteiger charge is 2.33. The molecule has 2 aliphatic carbocycles. The van der Waals surface area contributed by atoms with Crippen LogP contribution in [-0.2, 0) is 6.54 Å². The maximum absolute atomic E-state index is 5.07. The van der Waals surface area contributed by atoms with E-state index in [1.165, 1.54) is 59.3 Å². The Hall–Kier alpha value is -0.100. The number of rotatable bonds is 5. The third-order valence-corrected chi connectivity index (χ3v) is 6.71. The van der Waals surface area contributed by atoms with Gasteiger partial charge in [0.2, 0.25) is 0 Å². The first-order valence-electron chi connectivity index (χ1n) is 7.82. The molecule has 2 saturated carbocycles. The van der Waals surface area contributed by atoms with Crippen molar-refractivity contribution < 1.29 is 0 Å². The summed E-state index contributed by atoms with van der Waals surface area (Å²) in [5, 5.41) is 5.04. The van der Waals surface area contributed by atoms with Gasteiger partial charge in [0.05, 0.1) is 11.7 Å². The minimum atomic E-state index is 0.547. The van der Waals surface area contributed by atoms with Crippen molar-refractivity contribution in [2.24, 2.45) is 0 Å². The van der Waals surface area contributed by atoms with Gasteiger partial charge in [0.25, 0.3) is 0 Å². The molecule has 1 saturated heterocycles. The molecule has 1 atom stereocenters. The van der Waals surface area contributed by atoms with Crippen LogP contribution in [0.3, 0.4) is 0 Å². The Morgan fingerprint density at radius 1 is 1.30 bits per heavy atom. The Bertz CT molecular complexity index is 479. The lowest BCUT2D eigenvalue weighted by Crippen LogP contribution is -2.32. The number of thioether (sulfide) groups is 1. The maximum atomic E-state index is 5.07. The maximum Gasteiger partial charge on any atom is 0.111 e. The Morgan fingerprint density at radius 3 is 2.85 bits per heavy atom. The zero-order valence-electron chi connectivity index (χ0n) is 12.1. The number of thiazole rings is 1. The Kier molecular flexibility index (Phi) is 3.79. The molecule has 1 N–H and O–H groups in total. The quantitative estimate of drug-likeness (QED) is 0.905. The van der Waals surface area contributed by atoms with Crippen molar-refractivity contribution >= 4 is 23.1 Å². The lowest BCUT2D eigenvalue weighted by atomic mass is 10.2. The van der Waals surface area contributed by atoms with E-state index < -0.39 is 0 Å². The Labute approximate surface area is 129 Å². The lowest BCUT2D eigenvalue weighted by Gasteiger charge is -2.30. The zero-order chi connectivity index (χ0) is 13.5. The average Bonchev–Trinajstić information content (AvgIpc) is 3.36. The highest BCUT2D eigenvalue weighted by atomic mass is 32.2. The minimum absolute atomic E-state index is 0.547. The van der Waals surface area contributed by atoms with Crippen molar-refractivity contribution in [1.29, 1.82) is 0 Å². The SMILES string of the molecule is CN1CCSCC1c1nc(C2CC2)c(CNC2CC2)s1. The number of hydrogen-bond donors (Lipinski definition) is 1. The summed E-state index contributed by atoms with van der Waals surface area (Å²) in [7, 11) is 2.25. The smallest absolute Gasteiger partial charge is 0.111 e. The van der Waals surface area contributed by atoms with Crippen LogP contribution in [0.15, 0.2) is 0 Å². The lowest BCUT2D eigenvalue weighted by molar-refractivity contribution is 0.274. The van der Waals surface area contributed by atoms with Gasteiger partial charge in [0.15, 0.2) is 0 Å². The van der Waals surface area contributed by atoms with Crippen molar-refractivity contribution in [1.82, 2.24) is 15.2 Å². The van der Waals surface area contributed by atoms with Gasteiger partial charge in [-0.1, -0.05) is 0 Å². The highest BCUT2D eigenvalue weighted by Crippen LogP contribution is 2.44. The Morgan fingerprint density at radius 2 is 2.15 bits per heavy atom. The monoisotopic (exact) mass is 309 g/mol. The van der Waals surface area contributed by atoms with Gasteiger partial charge in [-0.25, -0.2) is 4.98 Å². The van der Waals surface area contributed by atoms with Crippen LogP contribution in [0, 0.1) is 0 Å². The van der Waals surface area contributed by atoms with Crippen LogP contribution >= 0.6 is 23.1 Å². The van der Waals surface area contributed by atoms with Gasteiger partial charge in [-0.3, -0.25) is 4.90 Å². The van der Waals surface area contributed by atoms with Gasteiger partial charge >= 0.3 is 0 Å². The third-order valence-electron chi connectivity index (χ3n) is 4.52. The molecule has 3 nitrogen and oxygen atoms in total. The van der Waals surface area contributed by atoms with Gasteiger partial charge < -0.3 is 5.32 Å². The predicted octanol–water partition coefficient (Wildman–Crippen LogP) is 2.99.